The molecule has 0 N–H and O–H groups in total. The summed E-state index contributed by atoms with van der Waals surface area (Å²) in [5.41, 5.74) is 0.311. The standard InChI is InChI=1S/C8H7ClF2O2/c1-12-8-6(10)2-5(4-13-9)3-7(8)11/h2-3H,4H2,1H3. The van der Waals surface area contributed by atoms with E-state index in [2.05, 4.69) is 9.03 Å². The summed E-state index contributed by atoms with van der Waals surface area (Å²) in [6, 6.07) is 2.20. The molecular weight excluding hydrogens is 202 g/mol. The fourth-order valence-electron chi connectivity index (χ4n) is 0.954. The molecule has 0 aliphatic carbocycles. The molecule has 0 amide bonds. The number of rotatable bonds is 3. The lowest BCUT2D eigenvalue weighted by atomic mass is 10.2. The van der Waals surface area contributed by atoms with Crippen LogP contribution in [0.3, 0.4) is 0 Å². The van der Waals surface area contributed by atoms with Crippen molar-refractivity contribution in [3.63, 3.8) is 0 Å². The molecule has 0 heterocycles. The molecule has 1 rings (SSSR count). The Labute approximate surface area is 79.2 Å². The predicted octanol–water partition coefficient (Wildman–Crippen LogP) is 2.64. The Kier molecular flexibility index (Phi) is 3.45. The minimum absolute atomic E-state index is 0.0562. The lowest BCUT2D eigenvalue weighted by molar-refractivity contribution is 0.332. The van der Waals surface area contributed by atoms with Crippen LogP contribution in [0, 0.1) is 11.6 Å². The molecule has 0 bridgehead atoms. The van der Waals surface area contributed by atoms with Gasteiger partial charge in [0.2, 0.25) is 0 Å². The normalized spacial score (nSPS) is 10.2. The van der Waals surface area contributed by atoms with E-state index < -0.39 is 17.4 Å². The Morgan fingerprint density at radius 3 is 2.23 bits per heavy atom. The van der Waals surface area contributed by atoms with Crippen molar-refractivity contribution in [1.82, 2.24) is 0 Å². The highest BCUT2D eigenvalue weighted by Crippen LogP contribution is 2.23. The van der Waals surface area contributed by atoms with Crippen LogP contribution >= 0.6 is 11.9 Å². The van der Waals surface area contributed by atoms with Crippen molar-refractivity contribution in [3.05, 3.63) is 29.3 Å². The van der Waals surface area contributed by atoms with Crippen molar-refractivity contribution in [2.75, 3.05) is 7.11 Å². The maximum absolute atomic E-state index is 13.0. The molecule has 13 heavy (non-hydrogen) atoms. The van der Waals surface area contributed by atoms with Gasteiger partial charge in [-0.2, -0.15) is 0 Å². The zero-order valence-electron chi connectivity index (χ0n) is 6.81. The van der Waals surface area contributed by atoms with E-state index in [-0.39, 0.29) is 6.61 Å². The number of hydrogen-bond donors (Lipinski definition) is 0. The molecule has 0 atom stereocenters. The highest BCUT2D eigenvalue weighted by Gasteiger charge is 2.11. The van der Waals surface area contributed by atoms with Crippen LogP contribution in [0.25, 0.3) is 0 Å². The van der Waals surface area contributed by atoms with Crippen molar-refractivity contribution >= 4 is 11.9 Å². The van der Waals surface area contributed by atoms with E-state index in [0.29, 0.717) is 5.56 Å². The molecule has 1 aromatic carbocycles. The van der Waals surface area contributed by atoms with Gasteiger partial charge in [-0.1, -0.05) is 0 Å². The van der Waals surface area contributed by atoms with E-state index in [9.17, 15) is 8.78 Å². The zero-order chi connectivity index (χ0) is 9.84. The lowest BCUT2D eigenvalue weighted by Crippen LogP contribution is -1.95. The molecule has 0 saturated heterocycles. The molecule has 0 aliphatic heterocycles. The van der Waals surface area contributed by atoms with E-state index in [0.717, 1.165) is 12.1 Å². The Hall–Kier alpha value is -0.870. The molecule has 0 fully saturated rings. The Bertz CT molecular complexity index is 281. The smallest absolute Gasteiger partial charge is 0.190 e. The van der Waals surface area contributed by atoms with E-state index >= 15 is 0 Å². The number of halogens is 3. The second-order valence-electron chi connectivity index (χ2n) is 2.35. The minimum Gasteiger partial charge on any atom is -0.491 e. The quantitative estimate of drug-likeness (QED) is 0.760. The van der Waals surface area contributed by atoms with Crippen LogP contribution in [0.5, 0.6) is 5.75 Å². The summed E-state index contributed by atoms with van der Waals surface area (Å²) in [7, 11) is 1.19. The topological polar surface area (TPSA) is 18.5 Å². The van der Waals surface area contributed by atoms with E-state index in [1.54, 1.807) is 0 Å². The highest BCUT2D eigenvalue weighted by atomic mass is 35.5. The third kappa shape index (κ3) is 2.29. The predicted molar refractivity (Wildman–Crippen MR) is 43.6 cm³/mol. The van der Waals surface area contributed by atoms with Gasteiger partial charge in [-0.05, 0) is 17.7 Å². The molecule has 0 saturated carbocycles. The summed E-state index contributed by atoms with van der Waals surface area (Å²) in [6.45, 7) is -0.0562. The lowest BCUT2D eigenvalue weighted by Gasteiger charge is -2.05. The molecule has 5 heteroatoms. The maximum atomic E-state index is 13.0. The Morgan fingerprint density at radius 2 is 1.85 bits per heavy atom. The van der Waals surface area contributed by atoms with Crippen molar-refractivity contribution in [2.24, 2.45) is 0 Å². The van der Waals surface area contributed by atoms with Crippen LogP contribution in [-0.2, 0) is 10.9 Å². The fraction of sp³-hybridized carbons (Fsp3) is 0.250. The third-order valence-electron chi connectivity index (χ3n) is 1.48. The second-order valence-corrected chi connectivity index (χ2v) is 2.56. The number of methoxy groups -OCH3 is 1. The van der Waals surface area contributed by atoms with Crippen LogP contribution in [-0.4, -0.2) is 7.11 Å². The van der Waals surface area contributed by atoms with Crippen molar-refractivity contribution < 1.29 is 17.8 Å². The number of hydrogen-bond acceptors (Lipinski definition) is 2. The molecule has 0 spiro atoms. The minimum atomic E-state index is -0.772. The average Bonchev–Trinajstić information content (AvgIpc) is 2.04. The van der Waals surface area contributed by atoms with Gasteiger partial charge in [0.25, 0.3) is 0 Å². The van der Waals surface area contributed by atoms with Crippen LogP contribution in [0.2, 0.25) is 0 Å². The molecule has 1 aromatic rings. The van der Waals surface area contributed by atoms with E-state index in [1.807, 2.05) is 0 Å². The summed E-state index contributed by atoms with van der Waals surface area (Å²) in [5, 5.41) is 0. The first-order chi connectivity index (χ1) is 6.19. The Balaban J connectivity index is 3.05. The first-order valence-corrected chi connectivity index (χ1v) is 3.75. The van der Waals surface area contributed by atoms with Crippen LogP contribution in [0.1, 0.15) is 5.56 Å². The maximum Gasteiger partial charge on any atom is 0.190 e. The van der Waals surface area contributed by atoms with Crippen molar-refractivity contribution in [2.45, 2.75) is 6.61 Å². The third-order valence-corrected chi connectivity index (χ3v) is 1.59. The first kappa shape index (κ1) is 10.2. The van der Waals surface area contributed by atoms with E-state index in [1.165, 1.54) is 7.11 Å². The monoisotopic (exact) mass is 208 g/mol. The molecule has 0 aliphatic rings. The molecule has 0 unspecified atom stereocenters. The van der Waals surface area contributed by atoms with Gasteiger partial charge < -0.3 is 4.74 Å². The average molecular weight is 209 g/mol. The van der Waals surface area contributed by atoms with E-state index in [4.69, 9.17) is 11.9 Å². The van der Waals surface area contributed by atoms with Gasteiger partial charge in [0, 0.05) is 0 Å². The van der Waals surface area contributed by atoms with Crippen LogP contribution in [0.4, 0.5) is 8.78 Å². The second kappa shape index (κ2) is 4.39. The Morgan fingerprint density at radius 1 is 1.31 bits per heavy atom. The van der Waals surface area contributed by atoms with Crippen molar-refractivity contribution in [1.29, 1.82) is 0 Å². The van der Waals surface area contributed by atoms with Gasteiger partial charge in [0.15, 0.2) is 17.4 Å². The van der Waals surface area contributed by atoms with Crippen molar-refractivity contribution in [3.8, 4) is 5.75 Å². The molecule has 0 aromatic heterocycles. The summed E-state index contributed by atoms with van der Waals surface area (Å²) in [4.78, 5) is 0. The highest BCUT2D eigenvalue weighted by molar-refractivity contribution is 6.07. The summed E-state index contributed by atoms with van der Waals surface area (Å²) in [5.74, 6) is -1.95. The largest absolute Gasteiger partial charge is 0.491 e. The number of benzene rings is 1. The summed E-state index contributed by atoms with van der Waals surface area (Å²) < 4.78 is 34.6. The summed E-state index contributed by atoms with van der Waals surface area (Å²) >= 11 is 4.94. The van der Waals surface area contributed by atoms with Gasteiger partial charge in [0.05, 0.1) is 25.6 Å². The van der Waals surface area contributed by atoms with Gasteiger partial charge in [-0.3, -0.25) is 4.29 Å². The molecular formula is C8H7ClF2O2. The van der Waals surface area contributed by atoms with Crippen LogP contribution in [0.15, 0.2) is 12.1 Å². The summed E-state index contributed by atoms with van der Waals surface area (Å²) in [6.07, 6.45) is 0. The number of ether oxygens (including phenoxy) is 1. The first-order valence-electron chi connectivity index (χ1n) is 3.44. The van der Waals surface area contributed by atoms with Gasteiger partial charge in [-0.15, -0.1) is 0 Å². The van der Waals surface area contributed by atoms with Crippen LogP contribution < -0.4 is 4.74 Å². The SMILES string of the molecule is COc1c(F)cc(COCl)cc1F. The molecule has 72 valence electrons. The van der Waals surface area contributed by atoms with Gasteiger partial charge >= 0.3 is 0 Å². The van der Waals surface area contributed by atoms with Gasteiger partial charge in [-0.25, -0.2) is 8.78 Å². The molecule has 2 nitrogen and oxygen atoms in total. The van der Waals surface area contributed by atoms with Gasteiger partial charge in [0.1, 0.15) is 0 Å². The molecule has 0 radical (unpaired) electrons. The fourth-order valence-corrected chi connectivity index (χ4v) is 1.08. The zero-order valence-corrected chi connectivity index (χ0v) is 7.57.